The number of benzene rings is 2. The van der Waals surface area contributed by atoms with Gasteiger partial charge in [0.2, 0.25) is 0 Å². The minimum Gasteiger partial charge on any atom is -0.399 e. The first-order valence-electron chi connectivity index (χ1n) is 9.58. The standard InChI is InChI=1S/C26H24N2.Fe/c27-23-14-10-21(11-15-23)26(22-12-16-24(28)17-13-22)25(20-7-3-4-8-20)18-9-19-5-1-2-6-19;/h1-8,10-17H,9,18,27-28H2;/q;+2. The monoisotopic (exact) mass is 420 g/mol. The van der Waals surface area contributed by atoms with Crippen molar-refractivity contribution in [2.75, 3.05) is 11.5 Å². The molecule has 4 rings (SSSR count). The average molecular weight is 420 g/mol. The van der Waals surface area contributed by atoms with E-state index in [0.29, 0.717) is 0 Å². The maximum absolute atomic E-state index is 5.95. The van der Waals surface area contributed by atoms with Crippen molar-refractivity contribution in [1.29, 1.82) is 0 Å². The van der Waals surface area contributed by atoms with Gasteiger partial charge in [0, 0.05) is 17.3 Å². The molecule has 0 bridgehead atoms. The van der Waals surface area contributed by atoms with Crippen LogP contribution in [0, 0.1) is 63.2 Å². The van der Waals surface area contributed by atoms with Gasteiger partial charge < -0.3 is 11.5 Å². The molecule has 0 saturated heterocycles. The molecule has 2 fully saturated rings. The van der Waals surface area contributed by atoms with E-state index in [0.717, 1.165) is 35.3 Å². The van der Waals surface area contributed by atoms with Gasteiger partial charge in [-0.3, -0.25) is 0 Å². The largest absolute Gasteiger partial charge is 2.00 e. The Labute approximate surface area is 186 Å². The molecule has 2 aliphatic carbocycles. The second-order valence-corrected chi connectivity index (χ2v) is 7.06. The predicted octanol–water partition coefficient (Wildman–Crippen LogP) is 5.24. The van der Waals surface area contributed by atoms with E-state index in [2.05, 4.69) is 75.6 Å². The van der Waals surface area contributed by atoms with Crippen molar-refractivity contribution in [3.8, 4) is 0 Å². The summed E-state index contributed by atoms with van der Waals surface area (Å²) in [7, 11) is 0. The normalized spacial score (nSPS) is 17.2. The van der Waals surface area contributed by atoms with Crippen LogP contribution in [0.3, 0.4) is 0 Å². The molecule has 0 aromatic heterocycles. The van der Waals surface area contributed by atoms with Crippen molar-refractivity contribution < 1.29 is 17.1 Å². The summed E-state index contributed by atoms with van der Waals surface area (Å²) in [6.45, 7) is 0. The molecule has 0 heterocycles. The molecule has 29 heavy (non-hydrogen) atoms. The van der Waals surface area contributed by atoms with Crippen LogP contribution in [0.5, 0.6) is 0 Å². The Morgan fingerprint density at radius 2 is 1.07 bits per heavy atom. The summed E-state index contributed by atoms with van der Waals surface area (Å²) in [5.41, 5.74) is 18.3. The number of anilines is 2. The molecule has 2 saturated carbocycles. The summed E-state index contributed by atoms with van der Waals surface area (Å²) < 4.78 is 0. The van der Waals surface area contributed by atoms with Crippen LogP contribution in [0.25, 0.3) is 5.57 Å². The van der Waals surface area contributed by atoms with Crippen LogP contribution >= 0.6 is 0 Å². The summed E-state index contributed by atoms with van der Waals surface area (Å²) in [4.78, 5) is 0. The van der Waals surface area contributed by atoms with Crippen LogP contribution in [-0.2, 0) is 17.1 Å². The van der Waals surface area contributed by atoms with Gasteiger partial charge in [-0.05, 0) is 111 Å². The molecule has 0 spiro atoms. The van der Waals surface area contributed by atoms with Crippen LogP contribution in [0.2, 0.25) is 0 Å². The Balaban J connectivity index is 0.00000240. The summed E-state index contributed by atoms with van der Waals surface area (Å²) in [5.74, 6) is 2.62. The Morgan fingerprint density at radius 3 is 1.55 bits per heavy atom. The second kappa shape index (κ2) is 10.4. The topological polar surface area (TPSA) is 52.0 Å². The van der Waals surface area contributed by atoms with Crippen molar-refractivity contribution in [2.24, 2.45) is 0 Å². The molecule has 0 unspecified atom stereocenters. The molecule has 2 aromatic carbocycles. The predicted molar refractivity (Wildman–Crippen MR) is 118 cm³/mol. The summed E-state index contributed by atoms with van der Waals surface area (Å²) >= 11 is 0. The fourth-order valence-corrected chi connectivity index (χ4v) is 3.65. The van der Waals surface area contributed by atoms with Gasteiger partial charge >= 0.3 is 17.1 Å². The minimum absolute atomic E-state index is 0. The molecule has 2 aliphatic rings. The second-order valence-electron chi connectivity index (χ2n) is 7.06. The van der Waals surface area contributed by atoms with Crippen molar-refractivity contribution in [1.82, 2.24) is 0 Å². The molecule has 0 aliphatic heterocycles. The first-order valence-corrected chi connectivity index (χ1v) is 9.58. The van der Waals surface area contributed by atoms with E-state index in [9.17, 15) is 0 Å². The van der Waals surface area contributed by atoms with Crippen molar-refractivity contribution in [3.05, 3.63) is 128 Å². The molecule has 0 atom stereocenters. The molecule has 4 N–H and O–H groups in total. The zero-order valence-corrected chi connectivity index (χ0v) is 17.3. The third kappa shape index (κ3) is 5.47. The molecule has 2 nitrogen and oxygen atoms in total. The Hall–Kier alpha value is -1.70. The number of hydrogen-bond acceptors (Lipinski definition) is 2. The number of nitrogen functional groups attached to an aromatic ring is 2. The van der Waals surface area contributed by atoms with Crippen LogP contribution in [0.15, 0.2) is 54.1 Å². The third-order valence-electron chi connectivity index (χ3n) is 5.11. The van der Waals surface area contributed by atoms with Gasteiger partial charge in [-0.25, -0.2) is 0 Å². The molecule has 144 valence electrons. The molecule has 2 aromatic rings. The minimum atomic E-state index is 0. The van der Waals surface area contributed by atoms with Crippen molar-refractivity contribution in [2.45, 2.75) is 12.8 Å². The van der Waals surface area contributed by atoms with Crippen molar-refractivity contribution >= 4 is 16.9 Å². The van der Waals surface area contributed by atoms with Crippen LogP contribution in [0.1, 0.15) is 24.0 Å². The van der Waals surface area contributed by atoms with E-state index in [1.807, 2.05) is 24.3 Å². The van der Waals surface area contributed by atoms with Gasteiger partial charge in [0.1, 0.15) is 0 Å². The summed E-state index contributed by atoms with van der Waals surface area (Å²) in [6, 6.07) is 16.3. The van der Waals surface area contributed by atoms with Crippen LogP contribution in [0.4, 0.5) is 11.4 Å². The zero-order valence-electron chi connectivity index (χ0n) is 16.2. The number of nitrogens with two attached hydrogens (primary N) is 2. The van der Waals surface area contributed by atoms with Gasteiger partial charge in [0.05, 0.1) is 0 Å². The van der Waals surface area contributed by atoms with Crippen LogP contribution in [-0.4, -0.2) is 0 Å². The fraction of sp³-hybridized carbons (Fsp3) is 0.0769. The summed E-state index contributed by atoms with van der Waals surface area (Å²) in [6.07, 6.45) is 19.1. The van der Waals surface area contributed by atoms with E-state index >= 15 is 0 Å². The van der Waals surface area contributed by atoms with Crippen molar-refractivity contribution in [3.63, 3.8) is 0 Å². The quantitative estimate of drug-likeness (QED) is 0.496. The molecular weight excluding hydrogens is 396 g/mol. The van der Waals surface area contributed by atoms with Gasteiger partial charge in [-0.2, -0.15) is 0 Å². The van der Waals surface area contributed by atoms with Crippen LogP contribution < -0.4 is 11.5 Å². The SMILES string of the molecule is Nc1ccc(C(=C(CC[C]2[CH][CH][CH][CH]2)[C]2[CH][CH][CH][CH]2)c2ccc(N)cc2)cc1.[Fe+2]. The van der Waals surface area contributed by atoms with Gasteiger partial charge in [0.25, 0.3) is 0 Å². The van der Waals surface area contributed by atoms with Gasteiger partial charge in [0.15, 0.2) is 0 Å². The first-order chi connectivity index (χ1) is 13.7. The molecule has 10 radical (unpaired) electrons. The molecule has 0 amide bonds. The third-order valence-corrected chi connectivity index (χ3v) is 5.11. The van der Waals surface area contributed by atoms with E-state index < -0.39 is 0 Å². The van der Waals surface area contributed by atoms with E-state index in [1.165, 1.54) is 23.0 Å². The molecule has 3 heteroatoms. The zero-order chi connectivity index (χ0) is 19.3. The maximum Gasteiger partial charge on any atom is 2.00 e. The Kier molecular flexibility index (Phi) is 7.86. The smallest absolute Gasteiger partial charge is 0.399 e. The summed E-state index contributed by atoms with van der Waals surface area (Å²) in [5, 5.41) is 0. The van der Waals surface area contributed by atoms with E-state index in [1.54, 1.807) is 0 Å². The van der Waals surface area contributed by atoms with E-state index in [-0.39, 0.29) is 17.1 Å². The number of rotatable bonds is 6. The Bertz CT molecular complexity index is 748. The van der Waals surface area contributed by atoms with Gasteiger partial charge in [-0.15, -0.1) is 0 Å². The van der Waals surface area contributed by atoms with Gasteiger partial charge in [-0.1, -0.05) is 29.8 Å². The van der Waals surface area contributed by atoms with E-state index in [4.69, 9.17) is 11.5 Å². The number of allylic oxidation sites excluding steroid dienone is 1. The maximum atomic E-state index is 5.95. The first kappa shape index (κ1) is 22.0. The fourth-order valence-electron chi connectivity index (χ4n) is 3.65. The average Bonchev–Trinajstić information content (AvgIpc) is 3.41. The molecular formula is C26H24FeN2+2. The number of hydrogen-bond donors (Lipinski definition) is 2. The Morgan fingerprint density at radius 1 is 0.621 bits per heavy atom.